The molecule has 0 amide bonds. The van der Waals surface area contributed by atoms with Gasteiger partial charge in [0.1, 0.15) is 0 Å². The Kier molecular flexibility index (Phi) is 12.4. The predicted octanol–water partition coefficient (Wildman–Crippen LogP) is 11.9. The van der Waals surface area contributed by atoms with Crippen molar-refractivity contribution in [2.45, 2.75) is 40.0 Å². The van der Waals surface area contributed by atoms with Gasteiger partial charge in [0.05, 0.1) is 38.8 Å². The van der Waals surface area contributed by atoms with Crippen molar-refractivity contribution in [2.75, 3.05) is 26.4 Å². The molecule has 5 aromatic rings. The molecule has 5 rings (SSSR count). The summed E-state index contributed by atoms with van der Waals surface area (Å²) in [5, 5.41) is 0. The molecule has 0 saturated heterocycles. The van der Waals surface area contributed by atoms with Gasteiger partial charge in [0.2, 0.25) is 0 Å². The van der Waals surface area contributed by atoms with Crippen LogP contribution >= 0.6 is 15.2 Å². The molecule has 6 nitrogen and oxygen atoms in total. The molecule has 5 aromatic carbocycles. The zero-order valence-electron chi connectivity index (χ0n) is 28.1. The van der Waals surface area contributed by atoms with Gasteiger partial charge in [0.25, 0.3) is 0 Å². The van der Waals surface area contributed by atoms with Gasteiger partial charge in [-0.25, -0.2) is 0 Å². The molecule has 0 spiro atoms. The highest BCUT2D eigenvalue weighted by atomic mass is 31.2. The third-order valence-electron chi connectivity index (χ3n) is 7.96. The fourth-order valence-corrected chi connectivity index (χ4v) is 9.79. The number of rotatable bonds is 16. The first kappa shape index (κ1) is 35.7. The van der Waals surface area contributed by atoms with Crippen molar-refractivity contribution < 1.29 is 27.2 Å². The second kappa shape index (κ2) is 16.7. The number of hydrogen-bond donors (Lipinski definition) is 0. The molecule has 250 valence electrons. The van der Waals surface area contributed by atoms with Gasteiger partial charge < -0.3 is 18.1 Å². The average Bonchev–Trinajstić information content (AvgIpc) is 3.10. The van der Waals surface area contributed by atoms with Gasteiger partial charge >= 0.3 is 15.2 Å². The van der Waals surface area contributed by atoms with Crippen molar-refractivity contribution in [3.05, 3.63) is 132 Å². The molecule has 0 heterocycles. The third-order valence-corrected chi connectivity index (χ3v) is 12.0. The molecule has 0 unspecified atom stereocenters. The maximum atomic E-state index is 14.6. The van der Waals surface area contributed by atoms with E-state index >= 15 is 0 Å². The Morgan fingerprint density at radius 1 is 0.375 bits per heavy atom. The van der Waals surface area contributed by atoms with Gasteiger partial charge in [-0.15, -0.1) is 0 Å². The van der Waals surface area contributed by atoms with E-state index in [-0.39, 0.29) is 38.8 Å². The first-order valence-corrected chi connectivity index (χ1v) is 20.0. The Hall–Kier alpha value is -3.60. The van der Waals surface area contributed by atoms with Crippen LogP contribution in [0.15, 0.2) is 121 Å². The molecular weight excluding hydrogens is 638 g/mol. The molecule has 0 aliphatic heterocycles. The van der Waals surface area contributed by atoms with Crippen molar-refractivity contribution in [1.82, 2.24) is 0 Å². The molecule has 8 heteroatoms. The smallest absolute Gasteiger partial charge is 0.309 e. The Morgan fingerprint density at radius 3 is 0.771 bits per heavy atom. The quantitative estimate of drug-likeness (QED) is 0.0965. The van der Waals surface area contributed by atoms with Crippen LogP contribution in [0.25, 0.3) is 44.5 Å². The van der Waals surface area contributed by atoms with Gasteiger partial charge in [0.15, 0.2) is 0 Å². The molecule has 0 fully saturated rings. The van der Waals surface area contributed by atoms with Crippen LogP contribution in [0.4, 0.5) is 0 Å². The van der Waals surface area contributed by atoms with Crippen molar-refractivity contribution >= 4 is 15.2 Å². The zero-order valence-corrected chi connectivity index (χ0v) is 29.9. The fourth-order valence-electron chi connectivity index (χ4n) is 6.29. The minimum Gasteiger partial charge on any atom is -0.309 e. The van der Waals surface area contributed by atoms with Crippen LogP contribution in [-0.4, -0.2) is 26.4 Å². The van der Waals surface area contributed by atoms with E-state index in [4.69, 9.17) is 18.1 Å². The first-order chi connectivity index (χ1) is 23.4. The van der Waals surface area contributed by atoms with Gasteiger partial charge in [-0.3, -0.25) is 9.13 Å². The van der Waals surface area contributed by atoms with Crippen LogP contribution in [0.5, 0.6) is 0 Å². The first-order valence-electron chi connectivity index (χ1n) is 16.6. The lowest BCUT2D eigenvalue weighted by Gasteiger charge is -2.30. The second-order valence-electron chi connectivity index (χ2n) is 11.1. The zero-order chi connectivity index (χ0) is 34.0. The number of hydrogen-bond acceptors (Lipinski definition) is 6. The molecule has 48 heavy (non-hydrogen) atoms. The van der Waals surface area contributed by atoms with Gasteiger partial charge in [-0.1, -0.05) is 121 Å². The second-order valence-corrected chi connectivity index (χ2v) is 15.2. The lowest BCUT2D eigenvalue weighted by molar-refractivity contribution is 0.218. The van der Waals surface area contributed by atoms with Gasteiger partial charge in [0, 0.05) is 0 Å². The summed E-state index contributed by atoms with van der Waals surface area (Å²) in [4.78, 5) is 0. The number of benzene rings is 5. The topological polar surface area (TPSA) is 71.1 Å². The highest BCUT2D eigenvalue weighted by molar-refractivity contribution is 7.53. The van der Waals surface area contributed by atoms with Crippen LogP contribution < -0.4 is 0 Å². The monoisotopic (exact) mass is 682 g/mol. The van der Waals surface area contributed by atoms with Crippen LogP contribution in [-0.2, 0) is 39.5 Å². The minimum absolute atomic E-state index is 0.0255. The predicted molar refractivity (Wildman–Crippen MR) is 197 cm³/mol. The molecule has 0 saturated carbocycles. The Morgan fingerprint density at radius 2 is 0.583 bits per heavy atom. The fraction of sp³-hybridized carbons (Fsp3) is 0.250. The van der Waals surface area contributed by atoms with E-state index in [0.29, 0.717) is 0 Å². The summed E-state index contributed by atoms with van der Waals surface area (Å²) in [5.41, 5.74) is 8.81. The van der Waals surface area contributed by atoms with Crippen LogP contribution in [0.3, 0.4) is 0 Å². The third kappa shape index (κ3) is 8.15. The summed E-state index contributed by atoms with van der Waals surface area (Å²) in [6.45, 7) is 8.26. The summed E-state index contributed by atoms with van der Waals surface area (Å²) in [5.74, 6) is 0. The summed E-state index contributed by atoms with van der Waals surface area (Å²) in [6.07, 6.45) is 0.0509. The lowest BCUT2D eigenvalue weighted by Crippen LogP contribution is -2.10. The Bertz CT molecular complexity index is 1600. The van der Waals surface area contributed by atoms with Crippen LogP contribution in [0, 0.1) is 0 Å². The average molecular weight is 683 g/mol. The molecule has 0 radical (unpaired) electrons. The van der Waals surface area contributed by atoms with E-state index in [9.17, 15) is 9.13 Å². The Balaban J connectivity index is 2.08. The maximum absolute atomic E-state index is 14.6. The SMILES string of the molecule is CCOP(=O)(Cc1c(-c2ccccc2)c(-c2ccccc2)c(CP(=O)(OCC)OCC)c(-c2ccccc2)c1-c1ccccc1)OCC. The van der Waals surface area contributed by atoms with Gasteiger partial charge in [-0.2, -0.15) is 0 Å². The molecule has 0 aliphatic rings. The largest absolute Gasteiger partial charge is 0.335 e. The molecule has 0 bridgehead atoms. The van der Waals surface area contributed by atoms with E-state index in [1.807, 2.05) is 100 Å². The minimum atomic E-state index is -3.64. The molecule has 0 aromatic heterocycles. The van der Waals surface area contributed by atoms with E-state index in [2.05, 4.69) is 48.5 Å². The van der Waals surface area contributed by atoms with E-state index in [1.54, 1.807) is 0 Å². The molecule has 0 aliphatic carbocycles. The molecular formula is C40H44O6P2. The highest BCUT2D eigenvalue weighted by Crippen LogP contribution is 2.60. The summed E-state index contributed by atoms with van der Waals surface area (Å²) < 4.78 is 53.1. The van der Waals surface area contributed by atoms with E-state index in [1.165, 1.54) is 0 Å². The highest BCUT2D eigenvalue weighted by Gasteiger charge is 2.36. The lowest BCUT2D eigenvalue weighted by atomic mass is 9.78. The van der Waals surface area contributed by atoms with Crippen molar-refractivity contribution in [3.8, 4) is 44.5 Å². The van der Waals surface area contributed by atoms with Gasteiger partial charge in [-0.05, 0) is 83.3 Å². The normalized spacial score (nSPS) is 11.9. The standard InChI is InChI=1S/C40H44O6P2/c1-5-43-47(41,44-6-2)29-35-37(31-21-13-9-14-22-31)39(33-25-17-11-18-26-33)36(30-48(42,45-7-3)46-8-4)40(34-27-19-12-20-28-34)38(35)32-23-15-10-16-24-32/h9-28H,5-8,29-30H2,1-4H3. The van der Waals surface area contributed by atoms with E-state index < -0.39 is 15.2 Å². The molecule has 0 N–H and O–H groups in total. The summed E-state index contributed by atoms with van der Waals surface area (Å²) >= 11 is 0. The maximum Gasteiger partial charge on any atom is 0.335 e. The molecule has 0 atom stereocenters. The summed E-state index contributed by atoms with van der Waals surface area (Å²) in [7, 11) is -7.28. The van der Waals surface area contributed by atoms with Crippen LogP contribution in [0.1, 0.15) is 38.8 Å². The van der Waals surface area contributed by atoms with E-state index in [0.717, 1.165) is 55.6 Å². The van der Waals surface area contributed by atoms with Crippen LogP contribution in [0.2, 0.25) is 0 Å². The van der Waals surface area contributed by atoms with Crippen molar-refractivity contribution in [3.63, 3.8) is 0 Å². The van der Waals surface area contributed by atoms with Crippen molar-refractivity contribution in [1.29, 1.82) is 0 Å². The van der Waals surface area contributed by atoms with Crippen molar-refractivity contribution in [2.24, 2.45) is 0 Å². The Labute approximate surface area is 285 Å². The summed E-state index contributed by atoms with van der Waals surface area (Å²) in [6, 6.07) is 40.4.